The van der Waals surface area contributed by atoms with Crippen LogP contribution in [-0.2, 0) is 4.79 Å². The van der Waals surface area contributed by atoms with E-state index in [4.69, 9.17) is 5.11 Å². The fraction of sp³-hybridized carbons (Fsp3) is 0.615. The summed E-state index contributed by atoms with van der Waals surface area (Å²) < 4.78 is 0. The third kappa shape index (κ3) is 3.56. The highest BCUT2D eigenvalue weighted by Gasteiger charge is 2.24. The van der Waals surface area contributed by atoms with E-state index in [9.17, 15) is 9.59 Å². The molecule has 1 fully saturated rings. The molecule has 2 N–H and O–H groups in total. The lowest BCUT2D eigenvalue weighted by atomic mass is 9.98. The number of aromatic nitrogens is 2. The maximum absolute atomic E-state index is 11.5. The highest BCUT2D eigenvalue weighted by atomic mass is 16.4. The largest absolute Gasteiger partial charge is 0.481 e. The summed E-state index contributed by atoms with van der Waals surface area (Å²) in [5.41, 5.74) is -0.162. The van der Waals surface area contributed by atoms with E-state index in [-0.39, 0.29) is 18.0 Å². The zero-order valence-corrected chi connectivity index (χ0v) is 11.1. The molecule has 1 aromatic heterocycles. The Morgan fingerprint density at radius 3 is 3.05 bits per heavy atom. The van der Waals surface area contributed by atoms with Gasteiger partial charge in [0.25, 0.3) is 5.56 Å². The quantitative estimate of drug-likeness (QED) is 0.857. The topological polar surface area (TPSA) is 86.3 Å². The highest BCUT2D eigenvalue weighted by molar-refractivity contribution is 5.66. The molecule has 1 aliphatic heterocycles. The van der Waals surface area contributed by atoms with Crippen LogP contribution in [0.25, 0.3) is 0 Å². The Bertz CT molecular complexity index is 512. The van der Waals surface area contributed by atoms with E-state index in [0.717, 1.165) is 25.8 Å². The fourth-order valence-electron chi connectivity index (χ4n) is 2.60. The van der Waals surface area contributed by atoms with Gasteiger partial charge in [-0.1, -0.05) is 0 Å². The second kappa shape index (κ2) is 5.86. The molecule has 0 aliphatic carbocycles. The summed E-state index contributed by atoms with van der Waals surface area (Å²) in [7, 11) is 0. The SMILES string of the molecule is Cc1nc(N2CCCCC2CCC(=O)O)cc(=O)[nH]1. The standard InChI is InChI=1S/C13H19N3O3/c1-9-14-11(8-12(17)15-9)16-7-3-2-4-10(16)5-6-13(18)19/h8,10H,2-7H2,1H3,(H,18,19)(H,14,15,17). The van der Waals surface area contributed by atoms with Crippen LogP contribution in [0.2, 0.25) is 0 Å². The number of carbonyl (C=O) groups is 1. The van der Waals surface area contributed by atoms with Crippen LogP contribution in [0.5, 0.6) is 0 Å². The minimum Gasteiger partial charge on any atom is -0.481 e. The summed E-state index contributed by atoms with van der Waals surface area (Å²) in [4.78, 5) is 31.3. The molecule has 104 valence electrons. The number of carboxylic acids is 1. The maximum atomic E-state index is 11.5. The summed E-state index contributed by atoms with van der Waals surface area (Å²) in [6, 6.07) is 1.66. The van der Waals surface area contributed by atoms with Gasteiger partial charge < -0.3 is 15.0 Å². The summed E-state index contributed by atoms with van der Waals surface area (Å²) in [6.07, 6.45) is 3.87. The van der Waals surface area contributed by atoms with Crippen molar-refractivity contribution in [3.63, 3.8) is 0 Å². The van der Waals surface area contributed by atoms with Crippen molar-refractivity contribution in [1.82, 2.24) is 9.97 Å². The van der Waals surface area contributed by atoms with Crippen molar-refractivity contribution in [2.75, 3.05) is 11.4 Å². The molecule has 0 saturated carbocycles. The van der Waals surface area contributed by atoms with Crippen LogP contribution < -0.4 is 10.5 Å². The third-order valence-electron chi connectivity index (χ3n) is 3.46. The number of rotatable bonds is 4. The Kier molecular flexibility index (Phi) is 4.19. The van der Waals surface area contributed by atoms with Gasteiger partial charge in [0.15, 0.2) is 0 Å². The van der Waals surface area contributed by atoms with Crippen molar-refractivity contribution < 1.29 is 9.90 Å². The van der Waals surface area contributed by atoms with Crippen molar-refractivity contribution in [1.29, 1.82) is 0 Å². The second-order valence-electron chi connectivity index (χ2n) is 4.96. The van der Waals surface area contributed by atoms with Gasteiger partial charge in [-0.25, -0.2) is 4.98 Å². The van der Waals surface area contributed by atoms with Crippen LogP contribution in [0.4, 0.5) is 5.82 Å². The van der Waals surface area contributed by atoms with Gasteiger partial charge in [0.1, 0.15) is 11.6 Å². The lowest BCUT2D eigenvalue weighted by Gasteiger charge is -2.36. The van der Waals surface area contributed by atoms with E-state index in [1.54, 1.807) is 6.92 Å². The minimum atomic E-state index is -0.777. The van der Waals surface area contributed by atoms with Crippen LogP contribution in [0.3, 0.4) is 0 Å². The van der Waals surface area contributed by atoms with Crippen molar-refractivity contribution >= 4 is 11.8 Å². The summed E-state index contributed by atoms with van der Waals surface area (Å²) in [5.74, 6) is 0.474. The Hall–Kier alpha value is -1.85. The fourth-order valence-corrected chi connectivity index (χ4v) is 2.60. The van der Waals surface area contributed by atoms with Crippen molar-refractivity contribution in [2.24, 2.45) is 0 Å². The van der Waals surface area contributed by atoms with E-state index < -0.39 is 5.97 Å². The molecule has 2 heterocycles. The molecule has 0 aromatic carbocycles. The molecule has 0 spiro atoms. The first-order valence-electron chi connectivity index (χ1n) is 6.62. The molecule has 6 nitrogen and oxygen atoms in total. The van der Waals surface area contributed by atoms with Crippen LogP contribution in [0.1, 0.15) is 37.9 Å². The lowest BCUT2D eigenvalue weighted by molar-refractivity contribution is -0.137. The molecule has 19 heavy (non-hydrogen) atoms. The number of hydrogen-bond acceptors (Lipinski definition) is 4. The Morgan fingerprint density at radius 1 is 1.58 bits per heavy atom. The molecule has 6 heteroatoms. The number of anilines is 1. The predicted octanol–water partition coefficient (Wildman–Crippen LogP) is 1.30. The molecule has 1 unspecified atom stereocenters. The van der Waals surface area contributed by atoms with E-state index in [0.29, 0.717) is 18.1 Å². The number of nitrogens with one attached hydrogen (secondary N) is 1. The van der Waals surface area contributed by atoms with Crippen LogP contribution in [-0.4, -0.2) is 33.6 Å². The monoisotopic (exact) mass is 265 g/mol. The zero-order valence-electron chi connectivity index (χ0n) is 11.1. The molecule has 0 radical (unpaired) electrons. The molecule has 2 rings (SSSR count). The number of aliphatic carboxylic acids is 1. The van der Waals surface area contributed by atoms with Crippen molar-refractivity contribution in [3.05, 3.63) is 22.2 Å². The number of H-pyrrole nitrogens is 1. The molecule has 0 amide bonds. The molecule has 0 bridgehead atoms. The molecule has 1 saturated heterocycles. The molecule has 1 aromatic rings. The first-order chi connectivity index (χ1) is 9.06. The maximum Gasteiger partial charge on any atom is 0.303 e. The Labute approximate surface area is 111 Å². The second-order valence-corrected chi connectivity index (χ2v) is 4.96. The number of aromatic amines is 1. The average Bonchev–Trinajstić information content (AvgIpc) is 2.35. The number of hydrogen-bond donors (Lipinski definition) is 2. The van der Waals surface area contributed by atoms with Gasteiger partial charge in [0.2, 0.25) is 0 Å². The number of carboxylic acid groups (broad SMARTS) is 1. The molecular formula is C13H19N3O3. The highest BCUT2D eigenvalue weighted by Crippen LogP contribution is 2.25. The van der Waals surface area contributed by atoms with Crippen molar-refractivity contribution in [3.8, 4) is 0 Å². The Morgan fingerprint density at radius 2 is 2.37 bits per heavy atom. The number of nitrogens with zero attached hydrogens (tertiary/aromatic N) is 2. The first kappa shape index (κ1) is 13.6. The first-order valence-corrected chi connectivity index (χ1v) is 6.62. The van der Waals surface area contributed by atoms with E-state index in [2.05, 4.69) is 14.9 Å². The molecule has 1 atom stereocenters. The van der Waals surface area contributed by atoms with Gasteiger partial charge in [-0.2, -0.15) is 0 Å². The normalized spacial score (nSPS) is 19.4. The van der Waals surface area contributed by atoms with Gasteiger partial charge in [-0.3, -0.25) is 9.59 Å². The number of piperidine rings is 1. The zero-order chi connectivity index (χ0) is 13.8. The summed E-state index contributed by atoms with van der Waals surface area (Å²) in [6.45, 7) is 2.58. The van der Waals surface area contributed by atoms with Crippen LogP contribution in [0.15, 0.2) is 10.9 Å². The molecule has 1 aliphatic rings. The summed E-state index contributed by atoms with van der Waals surface area (Å²) in [5, 5.41) is 8.80. The van der Waals surface area contributed by atoms with Gasteiger partial charge >= 0.3 is 5.97 Å². The number of aryl methyl sites for hydroxylation is 1. The minimum absolute atomic E-state index is 0.156. The van der Waals surface area contributed by atoms with Crippen molar-refractivity contribution in [2.45, 2.75) is 45.1 Å². The average molecular weight is 265 g/mol. The smallest absolute Gasteiger partial charge is 0.303 e. The van der Waals surface area contributed by atoms with Gasteiger partial charge in [-0.05, 0) is 32.6 Å². The van der Waals surface area contributed by atoms with E-state index in [1.807, 2.05) is 0 Å². The van der Waals surface area contributed by atoms with Gasteiger partial charge in [0.05, 0.1) is 0 Å². The lowest BCUT2D eigenvalue weighted by Crippen LogP contribution is -2.41. The third-order valence-corrected chi connectivity index (χ3v) is 3.46. The van der Waals surface area contributed by atoms with Gasteiger partial charge in [-0.15, -0.1) is 0 Å². The van der Waals surface area contributed by atoms with Crippen LogP contribution >= 0.6 is 0 Å². The predicted molar refractivity (Wildman–Crippen MR) is 71.4 cm³/mol. The molecular weight excluding hydrogens is 246 g/mol. The summed E-state index contributed by atoms with van der Waals surface area (Å²) >= 11 is 0. The van der Waals surface area contributed by atoms with E-state index in [1.165, 1.54) is 6.07 Å². The van der Waals surface area contributed by atoms with Crippen LogP contribution in [0, 0.1) is 6.92 Å². The van der Waals surface area contributed by atoms with E-state index >= 15 is 0 Å². The van der Waals surface area contributed by atoms with Gasteiger partial charge in [0, 0.05) is 25.1 Å². The Balaban J connectivity index is 2.18.